The average Bonchev–Trinajstić information content (AvgIpc) is 2.39. The Kier molecular flexibility index (Phi) is 4.41. The number of nitrogens with two attached hydrogens (primary N) is 1. The molecule has 20 heavy (non-hydrogen) atoms. The van der Waals surface area contributed by atoms with Crippen molar-refractivity contribution in [1.82, 2.24) is 10.2 Å². The summed E-state index contributed by atoms with van der Waals surface area (Å²) in [6.45, 7) is 3.20. The molecule has 7 nitrogen and oxygen atoms in total. The van der Waals surface area contributed by atoms with Crippen LogP contribution >= 0.6 is 0 Å². The number of piperazine rings is 1. The molecule has 0 aliphatic carbocycles. The number of primary amides is 1. The van der Waals surface area contributed by atoms with Gasteiger partial charge in [0.2, 0.25) is 5.91 Å². The van der Waals surface area contributed by atoms with Crippen molar-refractivity contribution in [2.75, 3.05) is 37.6 Å². The zero-order chi connectivity index (χ0) is 14.5. The first-order chi connectivity index (χ1) is 9.54. The Hall–Kier alpha value is -2.28. The standard InChI is InChI=1S/C13H18N4O3/c14-13(20)15-12(19)9-16-5-7-17(8-6-16)10-1-3-11(18)4-2-10/h1-4,18H,5-9H2,(H3,14,15,19,20). The van der Waals surface area contributed by atoms with Crippen molar-refractivity contribution in [2.45, 2.75) is 0 Å². The lowest BCUT2D eigenvalue weighted by Crippen LogP contribution is -2.50. The summed E-state index contributed by atoms with van der Waals surface area (Å²) in [4.78, 5) is 26.1. The molecular formula is C13H18N4O3. The Labute approximate surface area is 117 Å². The minimum absolute atomic E-state index is 0.173. The first-order valence-corrected chi connectivity index (χ1v) is 6.40. The third kappa shape index (κ3) is 3.86. The summed E-state index contributed by atoms with van der Waals surface area (Å²) in [5.74, 6) is -0.133. The van der Waals surface area contributed by atoms with Crippen LogP contribution in [0.2, 0.25) is 0 Å². The van der Waals surface area contributed by atoms with E-state index in [1.165, 1.54) is 0 Å². The molecule has 0 saturated carbocycles. The Morgan fingerprint density at radius 1 is 1.15 bits per heavy atom. The molecule has 0 bridgehead atoms. The fourth-order valence-electron chi connectivity index (χ4n) is 2.21. The SMILES string of the molecule is NC(=O)NC(=O)CN1CCN(c2ccc(O)cc2)CC1. The Balaban J connectivity index is 1.81. The summed E-state index contributed by atoms with van der Waals surface area (Å²) in [7, 11) is 0. The number of phenols is 1. The molecule has 0 spiro atoms. The van der Waals surface area contributed by atoms with E-state index in [1.807, 2.05) is 17.0 Å². The van der Waals surface area contributed by atoms with E-state index >= 15 is 0 Å². The van der Waals surface area contributed by atoms with Crippen molar-refractivity contribution in [1.29, 1.82) is 0 Å². The van der Waals surface area contributed by atoms with Crippen LogP contribution < -0.4 is 16.0 Å². The van der Waals surface area contributed by atoms with Gasteiger partial charge in [-0.1, -0.05) is 0 Å². The third-order valence-electron chi connectivity index (χ3n) is 3.22. The lowest BCUT2D eigenvalue weighted by atomic mass is 10.2. The molecule has 0 atom stereocenters. The second kappa shape index (κ2) is 6.25. The number of nitrogens with one attached hydrogen (secondary N) is 1. The van der Waals surface area contributed by atoms with Gasteiger partial charge in [-0.05, 0) is 24.3 Å². The number of carbonyl (C=O) groups is 2. The lowest BCUT2D eigenvalue weighted by Gasteiger charge is -2.35. The van der Waals surface area contributed by atoms with E-state index in [4.69, 9.17) is 5.73 Å². The van der Waals surface area contributed by atoms with Crippen LogP contribution in [0.25, 0.3) is 0 Å². The Morgan fingerprint density at radius 2 is 1.75 bits per heavy atom. The minimum atomic E-state index is -0.822. The van der Waals surface area contributed by atoms with E-state index in [1.54, 1.807) is 12.1 Å². The summed E-state index contributed by atoms with van der Waals surface area (Å²) in [5.41, 5.74) is 5.94. The fourth-order valence-corrected chi connectivity index (χ4v) is 2.21. The van der Waals surface area contributed by atoms with Crippen LogP contribution in [0.3, 0.4) is 0 Å². The number of phenolic OH excluding ortho intramolecular Hbond substituents is 1. The number of hydrogen-bond donors (Lipinski definition) is 3. The molecule has 3 amide bonds. The molecule has 0 unspecified atom stereocenters. The van der Waals surface area contributed by atoms with E-state index in [2.05, 4.69) is 10.2 Å². The minimum Gasteiger partial charge on any atom is -0.508 e. The summed E-state index contributed by atoms with van der Waals surface area (Å²) in [6, 6.07) is 6.22. The van der Waals surface area contributed by atoms with E-state index in [9.17, 15) is 14.7 Å². The van der Waals surface area contributed by atoms with Crippen LogP contribution in [-0.4, -0.2) is 54.7 Å². The number of carbonyl (C=O) groups excluding carboxylic acids is 2. The highest BCUT2D eigenvalue weighted by molar-refractivity contribution is 5.94. The molecule has 0 radical (unpaired) electrons. The van der Waals surface area contributed by atoms with Gasteiger partial charge < -0.3 is 15.7 Å². The quantitative estimate of drug-likeness (QED) is 0.705. The highest BCUT2D eigenvalue weighted by atomic mass is 16.3. The van der Waals surface area contributed by atoms with Gasteiger partial charge in [-0.15, -0.1) is 0 Å². The summed E-state index contributed by atoms with van der Waals surface area (Å²) < 4.78 is 0. The smallest absolute Gasteiger partial charge is 0.318 e. The van der Waals surface area contributed by atoms with Gasteiger partial charge in [0.05, 0.1) is 6.54 Å². The molecule has 1 aromatic carbocycles. The molecule has 2 rings (SSSR count). The first-order valence-electron chi connectivity index (χ1n) is 6.40. The molecule has 1 fully saturated rings. The van der Waals surface area contributed by atoms with Crippen LogP contribution in [0.15, 0.2) is 24.3 Å². The van der Waals surface area contributed by atoms with Crippen molar-refractivity contribution in [3.05, 3.63) is 24.3 Å². The molecule has 1 aliphatic rings. The maximum atomic E-state index is 11.4. The zero-order valence-electron chi connectivity index (χ0n) is 11.1. The van der Waals surface area contributed by atoms with Gasteiger partial charge >= 0.3 is 6.03 Å². The van der Waals surface area contributed by atoms with Crippen molar-refractivity contribution in [3.8, 4) is 5.75 Å². The van der Waals surface area contributed by atoms with Crippen molar-refractivity contribution in [2.24, 2.45) is 5.73 Å². The second-order valence-corrected chi connectivity index (χ2v) is 4.69. The molecule has 1 heterocycles. The summed E-state index contributed by atoms with van der Waals surface area (Å²) in [6.07, 6.45) is 0. The topological polar surface area (TPSA) is 98.9 Å². The number of aromatic hydroxyl groups is 1. The lowest BCUT2D eigenvalue weighted by molar-refractivity contribution is -0.121. The number of imide groups is 1. The number of benzene rings is 1. The molecule has 0 aromatic heterocycles. The zero-order valence-corrected chi connectivity index (χ0v) is 11.1. The van der Waals surface area contributed by atoms with Gasteiger partial charge in [-0.25, -0.2) is 4.79 Å². The van der Waals surface area contributed by atoms with Gasteiger partial charge in [-0.3, -0.25) is 15.0 Å². The number of nitrogens with zero attached hydrogens (tertiary/aromatic N) is 2. The maximum absolute atomic E-state index is 11.4. The van der Waals surface area contributed by atoms with Crippen LogP contribution in [-0.2, 0) is 4.79 Å². The summed E-state index contributed by atoms with van der Waals surface area (Å²) in [5, 5.41) is 11.3. The average molecular weight is 278 g/mol. The van der Waals surface area contributed by atoms with Crippen LogP contribution in [0.4, 0.5) is 10.5 Å². The first kappa shape index (κ1) is 14.1. The van der Waals surface area contributed by atoms with E-state index < -0.39 is 6.03 Å². The van der Waals surface area contributed by atoms with Crippen molar-refractivity contribution < 1.29 is 14.7 Å². The van der Waals surface area contributed by atoms with Gasteiger partial charge in [0, 0.05) is 31.9 Å². The van der Waals surface area contributed by atoms with Crippen LogP contribution in [0.5, 0.6) is 5.75 Å². The molecule has 108 valence electrons. The molecular weight excluding hydrogens is 260 g/mol. The van der Waals surface area contributed by atoms with E-state index in [0.717, 1.165) is 31.9 Å². The normalized spacial score (nSPS) is 15.9. The molecule has 4 N–H and O–H groups in total. The molecule has 1 aromatic rings. The van der Waals surface area contributed by atoms with E-state index in [0.29, 0.717) is 0 Å². The second-order valence-electron chi connectivity index (χ2n) is 4.69. The Bertz CT molecular complexity index is 481. The highest BCUT2D eigenvalue weighted by Gasteiger charge is 2.19. The Morgan fingerprint density at radius 3 is 2.30 bits per heavy atom. The number of hydrogen-bond acceptors (Lipinski definition) is 5. The van der Waals surface area contributed by atoms with Gasteiger partial charge in [-0.2, -0.15) is 0 Å². The number of amides is 3. The van der Waals surface area contributed by atoms with Crippen molar-refractivity contribution >= 4 is 17.6 Å². The highest BCUT2D eigenvalue weighted by Crippen LogP contribution is 2.19. The number of rotatable bonds is 3. The fraction of sp³-hybridized carbons (Fsp3) is 0.385. The molecule has 7 heteroatoms. The van der Waals surface area contributed by atoms with Crippen LogP contribution in [0, 0.1) is 0 Å². The molecule has 1 aliphatic heterocycles. The maximum Gasteiger partial charge on any atom is 0.318 e. The van der Waals surface area contributed by atoms with Crippen LogP contribution in [0.1, 0.15) is 0 Å². The number of urea groups is 1. The van der Waals surface area contributed by atoms with E-state index in [-0.39, 0.29) is 18.2 Å². The largest absolute Gasteiger partial charge is 0.508 e. The predicted octanol–water partition coefficient (Wildman–Crippen LogP) is -0.291. The van der Waals surface area contributed by atoms with Crippen molar-refractivity contribution in [3.63, 3.8) is 0 Å². The molecule has 1 saturated heterocycles. The number of anilines is 1. The third-order valence-corrected chi connectivity index (χ3v) is 3.22. The predicted molar refractivity (Wildman–Crippen MR) is 74.5 cm³/mol. The monoisotopic (exact) mass is 278 g/mol. The van der Waals surface area contributed by atoms with Gasteiger partial charge in [0.15, 0.2) is 0 Å². The van der Waals surface area contributed by atoms with Gasteiger partial charge in [0.1, 0.15) is 5.75 Å². The summed E-state index contributed by atoms with van der Waals surface area (Å²) >= 11 is 0. The van der Waals surface area contributed by atoms with Gasteiger partial charge in [0.25, 0.3) is 0 Å².